The molecule has 1 N–H and O–H groups in total. The third-order valence-corrected chi connectivity index (χ3v) is 3.93. The maximum Gasteiger partial charge on any atom is 0.122 e. The number of ether oxygens (including phenoxy) is 2. The van der Waals surface area contributed by atoms with E-state index in [0.717, 1.165) is 30.2 Å². The molecule has 0 amide bonds. The lowest BCUT2D eigenvalue weighted by Gasteiger charge is -2.11. The molecule has 0 aliphatic carbocycles. The maximum absolute atomic E-state index is 5.32. The number of hydrogen-bond donors (Lipinski definition) is 1. The van der Waals surface area contributed by atoms with Crippen molar-refractivity contribution in [3.8, 4) is 11.5 Å². The predicted octanol–water partition coefficient (Wildman–Crippen LogP) is 4.51. The van der Waals surface area contributed by atoms with E-state index in [9.17, 15) is 0 Å². The second kappa shape index (κ2) is 7.05. The zero-order chi connectivity index (χ0) is 16.1. The van der Waals surface area contributed by atoms with E-state index in [-0.39, 0.29) is 0 Å². The van der Waals surface area contributed by atoms with E-state index >= 15 is 0 Å². The first-order valence-electron chi connectivity index (χ1n) is 7.74. The van der Waals surface area contributed by atoms with Gasteiger partial charge in [-0.2, -0.15) is 0 Å². The van der Waals surface area contributed by atoms with Gasteiger partial charge in [0.25, 0.3) is 0 Å². The molecular weight excluding hydrogens is 286 g/mol. The smallest absolute Gasteiger partial charge is 0.122 e. The van der Waals surface area contributed by atoms with E-state index in [4.69, 9.17) is 9.47 Å². The fourth-order valence-corrected chi connectivity index (χ4v) is 2.73. The van der Waals surface area contributed by atoms with Gasteiger partial charge < -0.3 is 14.8 Å². The number of nitrogens with one attached hydrogen (secondary N) is 1. The van der Waals surface area contributed by atoms with E-state index in [1.165, 1.54) is 16.3 Å². The van der Waals surface area contributed by atoms with Crippen LogP contribution in [-0.2, 0) is 6.42 Å². The highest BCUT2D eigenvalue weighted by atomic mass is 16.5. The Labute approximate surface area is 136 Å². The van der Waals surface area contributed by atoms with Crippen LogP contribution in [0.5, 0.6) is 11.5 Å². The number of hydrogen-bond acceptors (Lipinski definition) is 3. The average molecular weight is 307 g/mol. The summed E-state index contributed by atoms with van der Waals surface area (Å²) in [6.07, 6.45) is 0.900. The van der Waals surface area contributed by atoms with Crippen LogP contribution in [0.25, 0.3) is 10.8 Å². The SMILES string of the molecule is COc1cc(CCNc2cccc3ccccc23)cc(OC)c1. The molecule has 0 saturated carbocycles. The molecule has 0 spiro atoms. The fraction of sp³-hybridized carbons (Fsp3) is 0.200. The van der Waals surface area contributed by atoms with Crippen molar-refractivity contribution in [2.75, 3.05) is 26.1 Å². The van der Waals surface area contributed by atoms with Crippen molar-refractivity contribution in [1.82, 2.24) is 0 Å². The summed E-state index contributed by atoms with van der Waals surface area (Å²) >= 11 is 0. The van der Waals surface area contributed by atoms with Crippen molar-refractivity contribution >= 4 is 16.5 Å². The van der Waals surface area contributed by atoms with Crippen molar-refractivity contribution < 1.29 is 9.47 Å². The zero-order valence-corrected chi connectivity index (χ0v) is 13.5. The van der Waals surface area contributed by atoms with Crippen LogP contribution in [0.3, 0.4) is 0 Å². The molecule has 0 fully saturated rings. The highest BCUT2D eigenvalue weighted by molar-refractivity contribution is 5.93. The number of benzene rings is 3. The van der Waals surface area contributed by atoms with Gasteiger partial charge in [0, 0.05) is 23.7 Å². The second-order valence-corrected chi connectivity index (χ2v) is 5.42. The standard InChI is InChI=1S/C20H21NO2/c1-22-17-12-15(13-18(14-17)23-2)10-11-21-20-9-5-7-16-6-3-4-8-19(16)20/h3-9,12-14,21H,10-11H2,1-2H3. The first-order chi connectivity index (χ1) is 11.3. The molecule has 118 valence electrons. The maximum atomic E-state index is 5.32. The van der Waals surface area contributed by atoms with Crippen LogP contribution in [0.4, 0.5) is 5.69 Å². The predicted molar refractivity (Wildman–Crippen MR) is 95.7 cm³/mol. The zero-order valence-electron chi connectivity index (χ0n) is 13.5. The Morgan fingerprint density at radius 2 is 1.52 bits per heavy atom. The van der Waals surface area contributed by atoms with Gasteiger partial charge in [0.1, 0.15) is 11.5 Å². The summed E-state index contributed by atoms with van der Waals surface area (Å²) in [5.41, 5.74) is 2.35. The summed E-state index contributed by atoms with van der Waals surface area (Å²) in [5.74, 6) is 1.65. The second-order valence-electron chi connectivity index (χ2n) is 5.42. The Bertz CT molecular complexity index is 771. The van der Waals surface area contributed by atoms with Gasteiger partial charge in [-0.25, -0.2) is 0 Å². The van der Waals surface area contributed by atoms with Crippen LogP contribution in [0.15, 0.2) is 60.7 Å². The number of rotatable bonds is 6. The van der Waals surface area contributed by atoms with Crippen molar-refractivity contribution in [2.24, 2.45) is 0 Å². The minimum atomic E-state index is 0.824. The Kier molecular flexibility index (Phi) is 4.67. The molecule has 3 aromatic carbocycles. The Hall–Kier alpha value is -2.68. The summed E-state index contributed by atoms with van der Waals surface area (Å²) in [7, 11) is 3.35. The van der Waals surface area contributed by atoms with E-state index in [1.807, 2.05) is 18.2 Å². The van der Waals surface area contributed by atoms with Crippen molar-refractivity contribution in [3.05, 3.63) is 66.2 Å². The molecule has 0 aliphatic heterocycles. The molecule has 0 unspecified atom stereocenters. The van der Waals surface area contributed by atoms with Gasteiger partial charge in [0.15, 0.2) is 0 Å². The molecule has 0 aliphatic rings. The van der Waals surface area contributed by atoms with Crippen molar-refractivity contribution in [1.29, 1.82) is 0 Å². The normalized spacial score (nSPS) is 10.5. The average Bonchev–Trinajstić information content (AvgIpc) is 2.61. The van der Waals surface area contributed by atoms with Crippen LogP contribution in [0.2, 0.25) is 0 Å². The molecule has 3 aromatic rings. The minimum absolute atomic E-state index is 0.824. The summed E-state index contributed by atoms with van der Waals surface area (Å²) < 4.78 is 10.6. The molecule has 0 radical (unpaired) electrons. The first-order valence-corrected chi connectivity index (χ1v) is 7.74. The summed E-state index contributed by atoms with van der Waals surface area (Å²) in [5, 5.41) is 6.03. The van der Waals surface area contributed by atoms with Gasteiger partial charge in [-0.1, -0.05) is 36.4 Å². The fourth-order valence-electron chi connectivity index (χ4n) is 2.73. The largest absolute Gasteiger partial charge is 0.497 e. The van der Waals surface area contributed by atoms with E-state index in [2.05, 4.69) is 47.8 Å². The van der Waals surface area contributed by atoms with E-state index in [0.29, 0.717) is 0 Å². The molecule has 3 nitrogen and oxygen atoms in total. The molecule has 0 bridgehead atoms. The van der Waals surface area contributed by atoms with Crippen LogP contribution >= 0.6 is 0 Å². The van der Waals surface area contributed by atoms with Crippen molar-refractivity contribution in [2.45, 2.75) is 6.42 Å². The molecule has 0 atom stereocenters. The molecule has 3 heteroatoms. The summed E-state index contributed by atoms with van der Waals surface area (Å²) in [4.78, 5) is 0. The number of fused-ring (bicyclic) bond motifs is 1. The molecule has 0 aromatic heterocycles. The monoisotopic (exact) mass is 307 g/mol. The summed E-state index contributed by atoms with van der Waals surface area (Å²) in [6.45, 7) is 0.852. The van der Waals surface area contributed by atoms with Gasteiger partial charge in [0.2, 0.25) is 0 Å². The lowest BCUT2D eigenvalue weighted by Crippen LogP contribution is -2.05. The van der Waals surface area contributed by atoms with Gasteiger partial charge in [0.05, 0.1) is 14.2 Å². The van der Waals surface area contributed by atoms with Gasteiger partial charge in [-0.05, 0) is 35.6 Å². The molecule has 23 heavy (non-hydrogen) atoms. The Balaban J connectivity index is 1.71. The molecule has 0 heterocycles. The van der Waals surface area contributed by atoms with Gasteiger partial charge >= 0.3 is 0 Å². The highest BCUT2D eigenvalue weighted by Gasteiger charge is 2.03. The van der Waals surface area contributed by atoms with Gasteiger partial charge in [-0.15, -0.1) is 0 Å². The van der Waals surface area contributed by atoms with Crippen LogP contribution in [0, 0.1) is 0 Å². The Morgan fingerprint density at radius 3 is 2.26 bits per heavy atom. The van der Waals surface area contributed by atoms with Crippen LogP contribution in [-0.4, -0.2) is 20.8 Å². The highest BCUT2D eigenvalue weighted by Crippen LogP contribution is 2.24. The number of anilines is 1. The van der Waals surface area contributed by atoms with E-state index < -0.39 is 0 Å². The Morgan fingerprint density at radius 1 is 0.826 bits per heavy atom. The van der Waals surface area contributed by atoms with Gasteiger partial charge in [-0.3, -0.25) is 0 Å². The lowest BCUT2D eigenvalue weighted by molar-refractivity contribution is 0.393. The quantitative estimate of drug-likeness (QED) is 0.726. The molecular formula is C20H21NO2. The van der Waals surface area contributed by atoms with Crippen LogP contribution < -0.4 is 14.8 Å². The third kappa shape index (κ3) is 3.57. The summed E-state index contributed by atoms with van der Waals surface area (Å²) in [6, 6.07) is 20.7. The van der Waals surface area contributed by atoms with Crippen molar-refractivity contribution in [3.63, 3.8) is 0 Å². The number of methoxy groups -OCH3 is 2. The van der Waals surface area contributed by atoms with E-state index in [1.54, 1.807) is 14.2 Å². The minimum Gasteiger partial charge on any atom is -0.497 e. The topological polar surface area (TPSA) is 30.5 Å². The molecule has 0 saturated heterocycles. The first kappa shape index (κ1) is 15.2. The lowest BCUT2D eigenvalue weighted by atomic mass is 10.1. The molecule has 3 rings (SSSR count). The van der Waals surface area contributed by atoms with Crippen LogP contribution in [0.1, 0.15) is 5.56 Å². The third-order valence-electron chi connectivity index (χ3n) is 3.93.